The molecule has 0 aromatic carbocycles. The molecule has 0 bridgehead atoms. The van der Waals surface area contributed by atoms with Gasteiger partial charge in [-0.25, -0.2) is 4.98 Å². The van der Waals surface area contributed by atoms with E-state index in [0.29, 0.717) is 17.0 Å². The van der Waals surface area contributed by atoms with Gasteiger partial charge in [-0.2, -0.15) is 4.98 Å². The maximum Gasteiger partial charge on any atom is 0.226 e. The molecule has 96 valence electrons. The van der Waals surface area contributed by atoms with Gasteiger partial charge in [0.15, 0.2) is 11.0 Å². The summed E-state index contributed by atoms with van der Waals surface area (Å²) < 4.78 is 5.25. The Bertz CT molecular complexity index is 536. The third-order valence-corrected chi connectivity index (χ3v) is 4.04. The second kappa shape index (κ2) is 4.68. The average molecular weight is 264 g/mol. The summed E-state index contributed by atoms with van der Waals surface area (Å²) in [4.78, 5) is 8.66. The zero-order valence-corrected chi connectivity index (χ0v) is 11.1. The molecule has 1 aliphatic rings. The quantitative estimate of drug-likeness (QED) is 0.897. The summed E-state index contributed by atoms with van der Waals surface area (Å²) in [5.74, 6) is 2.87. The predicted molar refractivity (Wildman–Crippen MR) is 69.4 cm³/mol. The maximum atomic E-state index is 5.58. The molecule has 2 N–H and O–H groups in total. The SMILES string of the molecule is CC1CC1c1noc(CCCc2csc(N)n2)n1. The van der Waals surface area contributed by atoms with Crippen LogP contribution in [0, 0.1) is 5.92 Å². The minimum absolute atomic E-state index is 0.529. The van der Waals surface area contributed by atoms with Gasteiger partial charge in [0.2, 0.25) is 5.89 Å². The smallest absolute Gasteiger partial charge is 0.226 e. The van der Waals surface area contributed by atoms with Crippen LogP contribution in [0.25, 0.3) is 0 Å². The molecule has 0 saturated heterocycles. The molecule has 18 heavy (non-hydrogen) atoms. The van der Waals surface area contributed by atoms with Crippen LogP contribution < -0.4 is 5.73 Å². The van der Waals surface area contributed by atoms with Gasteiger partial charge < -0.3 is 10.3 Å². The highest BCUT2D eigenvalue weighted by molar-refractivity contribution is 7.13. The van der Waals surface area contributed by atoms with Gasteiger partial charge in [0.1, 0.15) is 0 Å². The van der Waals surface area contributed by atoms with E-state index in [0.717, 1.165) is 36.7 Å². The molecule has 2 heterocycles. The number of aryl methyl sites for hydroxylation is 2. The molecule has 0 spiro atoms. The second-order valence-electron chi connectivity index (χ2n) is 4.90. The van der Waals surface area contributed by atoms with E-state index >= 15 is 0 Å². The standard InChI is InChI=1S/C12H16N4OS/c1-7-5-9(7)11-15-10(17-16-11)4-2-3-8-6-18-12(13)14-8/h6-7,9H,2-5H2,1H3,(H2,13,14). The lowest BCUT2D eigenvalue weighted by molar-refractivity contribution is 0.370. The fourth-order valence-corrected chi connectivity index (χ4v) is 2.66. The fraction of sp³-hybridized carbons (Fsp3) is 0.583. The third-order valence-electron chi connectivity index (χ3n) is 3.32. The highest BCUT2D eigenvalue weighted by Gasteiger charge is 2.37. The van der Waals surface area contributed by atoms with Gasteiger partial charge >= 0.3 is 0 Å². The molecule has 5 nitrogen and oxygen atoms in total. The van der Waals surface area contributed by atoms with Gasteiger partial charge in [-0.15, -0.1) is 11.3 Å². The van der Waals surface area contributed by atoms with Crippen molar-refractivity contribution < 1.29 is 4.52 Å². The molecule has 0 aliphatic heterocycles. The normalized spacial score (nSPS) is 22.3. The van der Waals surface area contributed by atoms with Crippen molar-refractivity contribution in [2.45, 2.75) is 38.5 Å². The van der Waals surface area contributed by atoms with Crippen molar-refractivity contribution in [1.82, 2.24) is 15.1 Å². The molecule has 0 radical (unpaired) electrons. The van der Waals surface area contributed by atoms with Crippen LogP contribution in [0.5, 0.6) is 0 Å². The van der Waals surface area contributed by atoms with Crippen LogP contribution in [-0.4, -0.2) is 15.1 Å². The Morgan fingerprint density at radius 3 is 2.94 bits per heavy atom. The predicted octanol–water partition coefficient (Wildman–Crippen LogP) is 2.41. The van der Waals surface area contributed by atoms with Crippen molar-refractivity contribution in [3.05, 3.63) is 22.8 Å². The maximum absolute atomic E-state index is 5.58. The number of thiazole rings is 1. The summed E-state index contributed by atoms with van der Waals surface area (Å²) in [7, 11) is 0. The Labute approximate surface area is 109 Å². The average Bonchev–Trinajstić information content (AvgIpc) is 2.79. The van der Waals surface area contributed by atoms with Gasteiger partial charge in [-0.1, -0.05) is 12.1 Å². The largest absolute Gasteiger partial charge is 0.375 e. The van der Waals surface area contributed by atoms with Crippen LogP contribution in [0.1, 0.15) is 43.1 Å². The first-order valence-corrected chi connectivity index (χ1v) is 7.12. The number of anilines is 1. The summed E-state index contributed by atoms with van der Waals surface area (Å²) in [5.41, 5.74) is 6.63. The number of nitrogens with zero attached hydrogens (tertiary/aromatic N) is 3. The summed E-state index contributed by atoms with van der Waals surface area (Å²) in [6, 6.07) is 0. The molecule has 1 fully saturated rings. The number of aromatic nitrogens is 3. The lowest BCUT2D eigenvalue weighted by Gasteiger charge is -1.93. The summed E-state index contributed by atoms with van der Waals surface area (Å²) >= 11 is 1.48. The summed E-state index contributed by atoms with van der Waals surface area (Å²) in [5, 5.41) is 6.67. The number of hydrogen-bond donors (Lipinski definition) is 1. The van der Waals surface area contributed by atoms with E-state index in [1.54, 1.807) is 0 Å². The molecule has 2 unspecified atom stereocenters. The van der Waals surface area contributed by atoms with Crippen LogP contribution in [0.3, 0.4) is 0 Å². The van der Waals surface area contributed by atoms with Gasteiger partial charge in [-0.05, 0) is 25.2 Å². The van der Waals surface area contributed by atoms with Crippen LogP contribution in [0.4, 0.5) is 5.13 Å². The Morgan fingerprint density at radius 2 is 2.28 bits per heavy atom. The minimum Gasteiger partial charge on any atom is -0.375 e. The van der Waals surface area contributed by atoms with Crippen molar-refractivity contribution in [2.24, 2.45) is 5.92 Å². The van der Waals surface area contributed by atoms with E-state index in [4.69, 9.17) is 10.3 Å². The van der Waals surface area contributed by atoms with Crippen LogP contribution in [0.15, 0.2) is 9.90 Å². The highest BCUT2D eigenvalue weighted by atomic mass is 32.1. The first-order valence-electron chi connectivity index (χ1n) is 6.24. The first kappa shape index (κ1) is 11.6. The minimum atomic E-state index is 0.529. The Hall–Kier alpha value is -1.43. The molecular weight excluding hydrogens is 248 g/mol. The monoisotopic (exact) mass is 264 g/mol. The third kappa shape index (κ3) is 2.53. The molecule has 1 aliphatic carbocycles. The summed E-state index contributed by atoms with van der Waals surface area (Å²) in [6.07, 6.45) is 3.87. The zero-order valence-electron chi connectivity index (χ0n) is 10.3. The lowest BCUT2D eigenvalue weighted by Crippen LogP contribution is -1.92. The van der Waals surface area contributed by atoms with E-state index in [2.05, 4.69) is 22.0 Å². The summed E-state index contributed by atoms with van der Waals surface area (Å²) in [6.45, 7) is 2.22. The van der Waals surface area contributed by atoms with E-state index < -0.39 is 0 Å². The Kier molecular flexibility index (Phi) is 3.03. The van der Waals surface area contributed by atoms with E-state index in [1.165, 1.54) is 17.8 Å². The molecule has 3 rings (SSSR count). The first-order chi connectivity index (χ1) is 8.72. The van der Waals surface area contributed by atoms with Crippen molar-refractivity contribution >= 4 is 16.5 Å². The number of nitrogens with two attached hydrogens (primary N) is 1. The van der Waals surface area contributed by atoms with E-state index in [1.807, 2.05) is 5.38 Å². The molecule has 2 aromatic heterocycles. The van der Waals surface area contributed by atoms with Crippen LogP contribution >= 0.6 is 11.3 Å². The van der Waals surface area contributed by atoms with E-state index in [-0.39, 0.29) is 0 Å². The number of hydrogen-bond acceptors (Lipinski definition) is 6. The van der Waals surface area contributed by atoms with Gasteiger partial charge in [0.25, 0.3) is 0 Å². The van der Waals surface area contributed by atoms with Crippen molar-refractivity contribution in [2.75, 3.05) is 5.73 Å². The molecule has 1 saturated carbocycles. The number of nitrogen functional groups attached to an aromatic ring is 1. The Morgan fingerprint density at radius 1 is 1.44 bits per heavy atom. The lowest BCUT2D eigenvalue weighted by atomic mass is 10.2. The Balaban J connectivity index is 1.49. The zero-order chi connectivity index (χ0) is 12.5. The molecule has 2 atom stereocenters. The number of rotatable bonds is 5. The van der Waals surface area contributed by atoms with Crippen molar-refractivity contribution in [1.29, 1.82) is 0 Å². The van der Waals surface area contributed by atoms with Gasteiger partial charge in [-0.3, -0.25) is 0 Å². The fourth-order valence-electron chi connectivity index (χ4n) is 2.06. The van der Waals surface area contributed by atoms with E-state index in [9.17, 15) is 0 Å². The second-order valence-corrected chi connectivity index (χ2v) is 5.79. The molecule has 2 aromatic rings. The van der Waals surface area contributed by atoms with Gasteiger partial charge in [0, 0.05) is 17.7 Å². The molecular formula is C12H16N4OS. The van der Waals surface area contributed by atoms with Crippen LogP contribution in [-0.2, 0) is 12.8 Å². The molecule has 0 amide bonds. The topological polar surface area (TPSA) is 77.8 Å². The highest BCUT2D eigenvalue weighted by Crippen LogP contribution is 2.45. The van der Waals surface area contributed by atoms with Gasteiger partial charge in [0.05, 0.1) is 5.69 Å². The molecule has 6 heteroatoms. The van der Waals surface area contributed by atoms with Crippen LogP contribution in [0.2, 0.25) is 0 Å². The van der Waals surface area contributed by atoms with Crippen molar-refractivity contribution in [3.63, 3.8) is 0 Å². The van der Waals surface area contributed by atoms with Crippen molar-refractivity contribution in [3.8, 4) is 0 Å².